The number of para-hydroxylation sites is 1. The van der Waals surface area contributed by atoms with Crippen LogP contribution in [0.1, 0.15) is 0 Å². The van der Waals surface area contributed by atoms with Gasteiger partial charge in [-0.15, -0.1) is 0 Å². The average molecular weight is 191 g/mol. The van der Waals surface area contributed by atoms with Crippen molar-refractivity contribution in [3.05, 3.63) is 40.8 Å². The van der Waals surface area contributed by atoms with Gasteiger partial charge in [0.2, 0.25) is 5.75 Å². The Bertz CT molecular complexity index is 504. The quantitative estimate of drug-likeness (QED) is 0.570. The molecule has 0 unspecified atom stereocenters. The van der Waals surface area contributed by atoms with Crippen LogP contribution in [0.2, 0.25) is 0 Å². The zero-order valence-corrected chi connectivity index (χ0v) is 7.40. The fourth-order valence-electron chi connectivity index (χ4n) is 1.23. The predicted molar refractivity (Wildman–Crippen MR) is 52.2 cm³/mol. The van der Waals surface area contributed by atoms with Crippen LogP contribution in [-0.2, 0) is 0 Å². The van der Waals surface area contributed by atoms with E-state index in [1.54, 1.807) is 18.2 Å². The molecule has 0 radical (unpaired) electrons. The molecule has 0 bridgehead atoms. The van der Waals surface area contributed by atoms with Gasteiger partial charge in [-0.2, -0.15) is 0 Å². The third-order valence-corrected chi connectivity index (χ3v) is 1.85. The standard InChI is InChI=1S/C10H9NO3/c11-6-13-9-5-7-3-1-2-4-8(7)14-10(9)12/h1-5H,6,11H2. The first-order chi connectivity index (χ1) is 6.81. The highest BCUT2D eigenvalue weighted by atomic mass is 16.5. The van der Waals surface area contributed by atoms with Gasteiger partial charge < -0.3 is 9.15 Å². The topological polar surface area (TPSA) is 65.5 Å². The lowest BCUT2D eigenvalue weighted by Crippen LogP contribution is -2.13. The van der Waals surface area contributed by atoms with Gasteiger partial charge in [0.1, 0.15) is 12.3 Å². The maximum Gasteiger partial charge on any atom is 0.379 e. The minimum absolute atomic E-state index is 0.0386. The smallest absolute Gasteiger partial charge is 0.379 e. The van der Waals surface area contributed by atoms with Crippen molar-refractivity contribution in [2.24, 2.45) is 5.73 Å². The van der Waals surface area contributed by atoms with E-state index in [1.807, 2.05) is 12.1 Å². The van der Waals surface area contributed by atoms with E-state index in [-0.39, 0.29) is 12.5 Å². The molecule has 0 aliphatic carbocycles. The van der Waals surface area contributed by atoms with Crippen molar-refractivity contribution in [1.29, 1.82) is 0 Å². The Balaban J connectivity index is 2.65. The van der Waals surface area contributed by atoms with E-state index in [4.69, 9.17) is 14.9 Å². The summed E-state index contributed by atoms with van der Waals surface area (Å²) in [6, 6.07) is 8.84. The largest absolute Gasteiger partial charge is 0.471 e. The van der Waals surface area contributed by atoms with Crippen LogP contribution in [0, 0.1) is 0 Å². The van der Waals surface area contributed by atoms with Gasteiger partial charge in [0.15, 0.2) is 0 Å². The second-order valence-corrected chi connectivity index (χ2v) is 2.75. The normalized spacial score (nSPS) is 10.4. The number of benzene rings is 1. The van der Waals surface area contributed by atoms with E-state index < -0.39 is 5.63 Å². The molecule has 0 fully saturated rings. The van der Waals surface area contributed by atoms with Gasteiger partial charge in [0.25, 0.3) is 0 Å². The summed E-state index contributed by atoms with van der Waals surface area (Å²) in [4.78, 5) is 11.3. The van der Waals surface area contributed by atoms with Crippen LogP contribution in [0.4, 0.5) is 0 Å². The van der Waals surface area contributed by atoms with Crippen molar-refractivity contribution in [3.63, 3.8) is 0 Å². The summed E-state index contributed by atoms with van der Waals surface area (Å²) in [6.45, 7) is -0.0386. The lowest BCUT2D eigenvalue weighted by molar-refractivity contribution is 0.313. The molecule has 14 heavy (non-hydrogen) atoms. The van der Waals surface area contributed by atoms with E-state index in [0.717, 1.165) is 5.39 Å². The minimum atomic E-state index is -0.505. The summed E-state index contributed by atoms with van der Waals surface area (Å²) in [5.74, 6) is 0.145. The highest BCUT2D eigenvalue weighted by Crippen LogP contribution is 2.15. The van der Waals surface area contributed by atoms with Gasteiger partial charge in [-0.3, -0.25) is 5.73 Å². The molecule has 0 atom stereocenters. The maximum atomic E-state index is 11.3. The highest BCUT2D eigenvalue weighted by molar-refractivity contribution is 5.77. The van der Waals surface area contributed by atoms with Crippen LogP contribution < -0.4 is 16.1 Å². The van der Waals surface area contributed by atoms with Gasteiger partial charge in [-0.25, -0.2) is 4.79 Å². The molecule has 4 nitrogen and oxygen atoms in total. The Labute approximate surface area is 79.9 Å². The Morgan fingerprint density at radius 1 is 1.36 bits per heavy atom. The number of nitrogens with two attached hydrogens (primary N) is 1. The van der Waals surface area contributed by atoms with Crippen molar-refractivity contribution in [3.8, 4) is 5.75 Å². The molecule has 1 aromatic heterocycles. The van der Waals surface area contributed by atoms with Crippen LogP contribution in [-0.4, -0.2) is 6.73 Å². The van der Waals surface area contributed by atoms with Crippen LogP contribution in [0.5, 0.6) is 5.75 Å². The predicted octanol–water partition coefficient (Wildman–Crippen LogP) is 1.09. The number of fused-ring (bicyclic) bond motifs is 1. The van der Waals surface area contributed by atoms with E-state index in [2.05, 4.69) is 0 Å². The third-order valence-electron chi connectivity index (χ3n) is 1.85. The van der Waals surface area contributed by atoms with Crippen molar-refractivity contribution in [2.75, 3.05) is 6.73 Å². The number of hydrogen-bond acceptors (Lipinski definition) is 4. The van der Waals surface area contributed by atoms with Gasteiger partial charge in [0.05, 0.1) is 0 Å². The summed E-state index contributed by atoms with van der Waals surface area (Å²) in [6.07, 6.45) is 0. The van der Waals surface area contributed by atoms with Gasteiger partial charge in [-0.05, 0) is 12.1 Å². The first kappa shape index (κ1) is 8.77. The fraction of sp³-hybridized carbons (Fsp3) is 0.100. The van der Waals surface area contributed by atoms with Crippen molar-refractivity contribution in [2.45, 2.75) is 0 Å². The molecule has 1 heterocycles. The van der Waals surface area contributed by atoms with Gasteiger partial charge >= 0.3 is 5.63 Å². The molecule has 0 saturated heterocycles. The molecule has 72 valence electrons. The maximum absolute atomic E-state index is 11.3. The summed E-state index contributed by atoms with van der Waals surface area (Å²) in [5.41, 5.74) is 5.21. The van der Waals surface area contributed by atoms with Gasteiger partial charge in [0, 0.05) is 5.39 Å². The lowest BCUT2D eigenvalue weighted by Gasteiger charge is -2.01. The molecular weight excluding hydrogens is 182 g/mol. The molecule has 0 aliphatic heterocycles. The Kier molecular flexibility index (Phi) is 2.20. The van der Waals surface area contributed by atoms with Crippen molar-refractivity contribution < 1.29 is 9.15 Å². The zero-order valence-electron chi connectivity index (χ0n) is 7.40. The minimum Gasteiger partial charge on any atom is -0.471 e. The van der Waals surface area contributed by atoms with E-state index in [0.29, 0.717) is 5.58 Å². The molecule has 2 aromatic rings. The molecule has 0 amide bonds. The van der Waals surface area contributed by atoms with E-state index >= 15 is 0 Å². The average Bonchev–Trinajstić information content (AvgIpc) is 2.19. The SMILES string of the molecule is NCOc1cc2ccccc2oc1=O. The van der Waals surface area contributed by atoms with Crippen LogP contribution >= 0.6 is 0 Å². The van der Waals surface area contributed by atoms with E-state index in [1.165, 1.54) is 0 Å². The third kappa shape index (κ3) is 1.47. The number of hydrogen-bond donors (Lipinski definition) is 1. The summed E-state index contributed by atoms with van der Waals surface area (Å²) in [7, 11) is 0. The monoisotopic (exact) mass is 191 g/mol. The Hall–Kier alpha value is -1.81. The highest BCUT2D eigenvalue weighted by Gasteiger charge is 2.04. The number of rotatable bonds is 2. The van der Waals surface area contributed by atoms with Gasteiger partial charge in [-0.1, -0.05) is 18.2 Å². The molecule has 2 N–H and O–H groups in total. The Morgan fingerprint density at radius 3 is 2.93 bits per heavy atom. The molecule has 4 heteroatoms. The molecular formula is C10H9NO3. The molecule has 1 aromatic carbocycles. The van der Waals surface area contributed by atoms with Crippen molar-refractivity contribution in [1.82, 2.24) is 0 Å². The molecule has 0 spiro atoms. The summed E-state index contributed by atoms with van der Waals surface area (Å²) >= 11 is 0. The fourth-order valence-corrected chi connectivity index (χ4v) is 1.23. The van der Waals surface area contributed by atoms with Crippen LogP contribution in [0.15, 0.2) is 39.5 Å². The second-order valence-electron chi connectivity index (χ2n) is 2.75. The zero-order chi connectivity index (χ0) is 9.97. The first-order valence-electron chi connectivity index (χ1n) is 4.17. The van der Waals surface area contributed by atoms with Crippen molar-refractivity contribution >= 4 is 11.0 Å². The first-order valence-corrected chi connectivity index (χ1v) is 4.17. The lowest BCUT2D eigenvalue weighted by atomic mass is 10.2. The molecule has 0 aliphatic rings. The van der Waals surface area contributed by atoms with Crippen LogP contribution in [0.3, 0.4) is 0 Å². The van der Waals surface area contributed by atoms with E-state index in [9.17, 15) is 4.79 Å². The molecule has 2 rings (SSSR count). The summed E-state index contributed by atoms with van der Waals surface area (Å²) in [5, 5.41) is 0.815. The number of ether oxygens (including phenoxy) is 1. The summed E-state index contributed by atoms with van der Waals surface area (Å²) < 4.78 is 9.93. The Morgan fingerprint density at radius 2 is 2.14 bits per heavy atom. The molecule has 0 saturated carbocycles. The second kappa shape index (κ2) is 3.51. The van der Waals surface area contributed by atoms with Crippen LogP contribution in [0.25, 0.3) is 11.0 Å².